The number of sulfonamides is 1. The first-order valence-corrected chi connectivity index (χ1v) is 13.8. The number of benzene rings is 2. The van der Waals surface area contributed by atoms with Gasteiger partial charge in [0.05, 0.1) is 31.0 Å². The molecular formula is C26H27FN2O6S2. The molecular weight excluding hydrogens is 519 g/mol. The molecule has 2 N–H and O–H groups in total. The Hall–Kier alpha value is -3.44. The van der Waals surface area contributed by atoms with E-state index in [1.54, 1.807) is 7.11 Å². The number of hydrogen-bond donors (Lipinski definition) is 2. The number of anilines is 1. The number of aromatic nitrogens is 1. The molecule has 8 nitrogen and oxygen atoms in total. The lowest BCUT2D eigenvalue weighted by Crippen LogP contribution is -2.15. The van der Waals surface area contributed by atoms with Gasteiger partial charge in [0.2, 0.25) is 0 Å². The van der Waals surface area contributed by atoms with E-state index in [0.29, 0.717) is 21.7 Å². The van der Waals surface area contributed by atoms with Crippen LogP contribution in [0.15, 0.2) is 46.8 Å². The van der Waals surface area contributed by atoms with E-state index in [0.717, 1.165) is 48.3 Å². The second kappa shape index (κ2) is 10.1. The summed E-state index contributed by atoms with van der Waals surface area (Å²) in [7, 11) is -1.46. The van der Waals surface area contributed by atoms with E-state index in [9.17, 15) is 17.6 Å². The molecule has 0 saturated heterocycles. The standard InChI is InChI=1S/C26H27FN2O6S2/c1-26(2)9-7-15(8-10-26)16-5-6-17(21(11-16)34-3)24-28-23(14-36-24)37(32,33)29-20-13-19(27)18(25(30)31)12-22(20)35-4/h5-7,11-14,29H,8-10H2,1-4H3,(H,30,31). The summed E-state index contributed by atoms with van der Waals surface area (Å²) in [6, 6.07) is 7.45. The van der Waals surface area contributed by atoms with Crippen LogP contribution in [-0.2, 0) is 10.0 Å². The molecule has 0 fully saturated rings. The van der Waals surface area contributed by atoms with Gasteiger partial charge < -0.3 is 14.6 Å². The second-order valence-corrected chi connectivity index (χ2v) is 11.9. The minimum absolute atomic E-state index is 0.143. The minimum atomic E-state index is -4.23. The van der Waals surface area contributed by atoms with Crippen LogP contribution in [0.3, 0.4) is 0 Å². The van der Waals surface area contributed by atoms with Crippen molar-refractivity contribution in [2.75, 3.05) is 18.9 Å². The fraction of sp³-hybridized carbons (Fsp3) is 0.308. The number of ether oxygens (including phenoxy) is 2. The van der Waals surface area contributed by atoms with Crippen LogP contribution in [-0.4, -0.2) is 38.7 Å². The average Bonchev–Trinajstić information content (AvgIpc) is 3.34. The number of carbonyl (C=O) groups is 1. The molecule has 0 atom stereocenters. The van der Waals surface area contributed by atoms with Crippen LogP contribution in [0.25, 0.3) is 16.1 Å². The Bertz CT molecular complexity index is 1490. The third-order valence-corrected chi connectivity index (χ3v) is 8.57. The number of rotatable bonds is 8. The number of carboxylic acids is 1. The van der Waals surface area contributed by atoms with Crippen molar-refractivity contribution in [1.82, 2.24) is 4.98 Å². The average molecular weight is 547 g/mol. The number of nitrogens with one attached hydrogen (secondary N) is 1. The lowest BCUT2D eigenvalue weighted by molar-refractivity contribution is 0.0691. The molecule has 2 aromatic carbocycles. The maximum absolute atomic E-state index is 14.2. The predicted octanol–water partition coefficient (Wildman–Crippen LogP) is 6.06. The van der Waals surface area contributed by atoms with E-state index in [1.807, 2.05) is 18.2 Å². The van der Waals surface area contributed by atoms with E-state index in [-0.39, 0.29) is 16.5 Å². The van der Waals surface area contributed by atoms with Crippen LogP contribution >= 0.6 is 11.3 Å². The summed E-state index contributed by atoms with van der Waals surface area (Å²) in [6.45, 7) is 4.51. The maximum Gasteiger partial charge on any atom is 0.338 e. The van der Waals surface area contributed by atoms with E-state index in [1.165, 1.54) is 18.1 Å². The SMILES string of the molecule is COc1cc(C(=O)O)c(F)cc1NS(=O)(=O)c1csc(-c2ccc(C3=CCC(C)(C)CC3)cc2OC)n1. The first-order valence-electron chi connectivity index (χ1n) is 11.4. The van der Waals surface area contributed by atoms with Gasteiger partial charge in [-0.25, -0.2) is 14.2 Å². The normalized spacial score (nSPS) is 15.1. The fourth-order valence-electron chi connectivity index (χ4n) is 4.08. The lowest BCUT2D eigenvalue weighted by atomic mass is 9.77. The Morgan fingerprint density at radius 2 is 1.89 bits per heavy atom. The molecule has 11 heteroatoms. The number of hydrogen-bond acceptors (Lipinski definition) is 7. The summed E-state index contributed by atoms with van der Waals surface area (Å²) in [4.78, 5) is 15.5. The monoisotopic (exact) mass is 546 g/mol. The molecule has 0 radical (unpaired) electrons. The highest BCUT2D eigenvalue weighted by atomic mass is 32.2. The quantitative estimate of drug-likeness (QED) is 0.353. The second-order valence-electron chi connectivity index (χ2n) is 9.45. The van der Waals surface area contributed by atoms with Gasteiger partial charge in [-0.15, -0.1) is 11.3 Å². The van der Waals surface area contributed by atoms with Gasteiger partial charge in [0.15, 0.2) is 5.03 Å². The van der Waals surface area contributed by atoms with Crippen molar-refractivity contribution in [2.24, 2.45) is 5.41 Å². The molecule has 1 aliphatic carbocycles. The Kier molecular flexibility index (Phi) is 7.29. The smallest absolute Gasteiger partial charge is 0.338 e. The molecule has 0 spiro atoms. The molecule has 0 unspecified atom stereocenters. The number of nitrogens with zero attached hydrogens (tertiary/aromatic N) is 1. The number of methoxy groups -OCH3 is 2. The first-order chi connectivity index (χ1) is 17.4. The molecule has 3 aromatic rings. The number of aromatic carboxylic acids is 1. The van der Waals surface area contributed by atoms with Crippen LogP contribution < -0.4 is 14.2 Å². The van der Waals surface area contributed by atoms with Crippen LogP contribution in [0.2, 0.25) is 0 Å². The van der Waals surface area contributed by atoms with Gasteiger partial charge in [0, 0.05) is 11.4 Å². The Morgan fingerprint density at radius 1 is 1.16 bits per heavy atom. The highest BCUT2D eigenvalue weighted by Gasteiger charge is 2.25. The van der Waals surface area contributed by atoms with Crippen molar-refractivity contribution in [1.29, 1.82) is 0 Å². The van der Waals surface area contributed by atoms with E-state index < -0.39 is 27.4 Å². The molecule has 0 aliphatic heterocycles. The Balaban J connectivity index is 1.62. The zero-order valence-corrected chi connectivity index (χ0v) is 22.4. The molecule has 1 heterocycles. The summed E-state index contributed by atoms with van der Waals surface area (Å²) in [6.07, 6.45) is 5.33. The first kappa shape index (κ1) is 26.6. The minimum Gasteiger partial charge on any atom is -0.496 e. The number of carboxylic acid groups (broad SMARTS) is 1. The van der Waals surface area contributed by atoms with Gasteiger partial charge in [-0.1, -0.05) is 26.0 Å². The topological polar surface area (TPSA) is 115 Å². The number of halogens is 1. The molecule has 196 valence electrons. The summed E-state index contributed by atoms with van der Waals surface area (Å²) >= 11 is 1.12. The molecule has 0 bridgehead atoms. The number of thiazole rings is 1. The van der Waals surface area contributed by atoms with E-state index in [2.05, 4.69) is 29.6 Å². The summed E-state index contributed by atoms with van der Waals surface area (Å²) in [5.41, 5.74) is 2.36. The molecule has 0 amide bonds. The van der Waals surface area contributed by atoms with Gasteiger partial charge in [0.1, 0.15) is 22.3 Å². The fourth-order valence-corrected chi connectivity index (χ4v) is 6.26. The van der Waals surface area contributed by atoms with Crippen molar-refractivity contribution >= 4 is 38.6 Å². The highest BCUT2D eigenvalue weighted by Crippen LogP contribution is 2.41. The third-order valence-electron chi connectivity index (χ3n) is 6.30. The number of allylic oxidation sites excluding steroid dienone is 2. The van der Waals surface area contributed by atoms with Crippen molar-refractivity contribution in [2.45, 2.75) is 38.1 Å². The zero-order chi connectivity index (χ0) is 27.0. The Morgan fingerprint density at radius 3 is 2.51 bits per heavy atom. The van der Waals surface area contributed by atoms with E-state index in [4.69, 9.17) is 14.6 Å². The molecule has 1 aliphatic rings. The van der Waals surface area contributed by atoms with Crippen LogP contribution in [0.1, 0.15) is 49.0 Å². The summed E-state index contributed by atoms with van der Waals surface area (Å²) in [5, 5.41) is 10.6. The molecule has 1 aromatic heterocycles. The van der Waals surface area contributed by atoms with Gasteiger partial charge in [0.25, 0.3) is 10.0 Å². The van der Waals surface area contributed by atoms with E-state index >= 15 is 0 Å². The highest BCUT2D eigenvalue weighted by molar-refractivity contribution is 7.92. The van der Waals surface area contributed by atoms with Gasteiger partial charge in [-0.05, 0) is 54.0 Å². The molecule has 37 heavy (non-hydrogen) atoms. The van der Waals surface area contributed by atoms with Gasteiger partial charge in [-0.2, -0.15) is 8.42 Å². The van der Waals surface area contributed by atoms with Gasteiger partial charge >= 0.3 is 5.97 Å². The van der Waals surface area contributed by atoms with Crippen LogP contribution in [0.4, 0.5) is 10.1 Å². The summed E-state index contributed by atoms with van der Waals surface area (Å²) < 4.78 is 53.1. The summed E-state index contributed by atoms with van der Waals surface area (Å²) in [5.74, 6) is -2.18. The molecule has 0 saturated carbocycles. The van der Waals surface area contributed by atoms with Crippen molar-refractivity contribution < 1.29 is 32.2 Å². The molecule has 4 rings (SSSR count). The van der Waals surface area contributed by atoms with Crippen molar-refractivity contribution in [3.63, 3.8) is 0 Å². The van der Waals surface area contributed by atoms with Crippen LogP contribution in [0.5, 0.6) is 11.5 Å². The third kappa shape index (κ3) is 5.62. The zero-order valence-electron chi connectivity index (χ0n) is 20.8. The van der Waals surface area contributed by atoms with Crippen molar-refractivity contribution in [3.05, 3.63) is 58.7 Å². The largest absolute Gasteiger partial charge is 0.496 e. The lowest BCUT2D eigenvalue weighted by Gasteiger charge is -2.28. The van der Waals surface area contributed by atoms with Crippen molar-refractivity contribution in [3.8, 4) is 22.1 Å². The predicted molar refractivity (Wildman–Crippen MR) is 140 cm³/mol. The maximum atomic E-state index is 14.2. The van der Waals surface area contributed by atoms with Gasteiger partial charge in [-0.3, -0.25) is 4.72 Å². The van der Waals surface area contributed by atoms with Crippen LogP contribution in [0, 0.1) is 11.2 Å². The Labute approximate surface area is 218 Å².